The first-order valence-electron chi connectivity index (χ1n) is 6.41. The van der Waals surface area contributed by atoms with E-state index in [9.17, 15) is 4.79 Å². The summed E-state index contributed by atoms with van der Waals surface area (Å²) in [5.74, 6) is 0.304. The molecule has 0 N–H and O–H groups in total. The van der Waals surface area contributed by atoms with Crippen LogP contribution in [0.15, 0.2) is 0 Å². The molecular weight excluding hydrogens is 262 g/mol. The van der Waals surface area contributed by atoms with E-state index < -0.39 is 0 Å². The number of nitrogens with zero attached hydrogens (tertiary/aromatic N) is 3. The summed E-state index contributed by atoms with van der Waals surface area (Å²) in [5.41, 5.74) is 0.757. The zero-order valence-corrected chi connectivity index (χ0v) is 13.0. The van der Waals surface area contributed by atoms with Crippen molar-refractivity contribution in [2.24, 2.45) is 5.92 Å². The molecule has 1 aliphatic rings. The molecule has 2 rings (SSSR count). The van der Waals surface area contributed by atoms with E-state index in [0.29, 0.717) is 16.8 Å². The highest BCUT2D eigenvalue weighted by atomic mass is 32.1. The molecule has 2 heterocycles. The van der Waals surface area contributed by atoms with Crippen molar-refractivity contribution >= 4 is 22.4 Å². The Bertz CT molecular complexity index is 472. The number of aryl methyl sites for hydroxylation is 1. The summed E-state index contributed by atoms with van der Waals surface area (Å²) in [4.78, 5) is 21.3. The number of likely N-dealkylation sites (N-methyl/N-ethyl adjacent to an activating group) is 1. The van der Waals surface area contributed by atoms with Gasteiger partial charge in [0.05, 0.1) is 12.8 Å². The topological polar surface area (TPSA) is 45.7 Å². The maximum absolute atomic E-state index is 11.6. The van der Waals surface area contributed by atoms with Crippen molar-refractivity contribution < 1.29 is 9.53 Å². The number of hydrogen-bond acceptors (Lipinski definition) is 6. The van der Waals surface area contributed by atoms with Crippen LogP contribution in [0.3, 0.4) is 0 Å². The van der Waals surface area contributed by atoms with E-state index in [0.717, 1.165) is 23.9 Å². The van der Waals surface area contributed by atoms with Crippen molar-refractivity contribution in [2.75, 3.05) is 39.2 Å². The van der Waals surface area contributed by atoms with Gasteiger partial charge in [0.25, 0.3) is 0 Å². The second-order valence-corrected chi connectivity index (χ2v) is 6.29. The molecule has 1 aliphatic heterocycles. The van der Waals surface area contributed by atoms with Crippen LogP contribution < -0.4 is 4.90 Å². The zero-order valence-electron chi connectivity index (χ0n) is 12.1. The van der Waals surface area contributed by atoms with Gasteiger partial charge in [-0.1, -0.05) is 18.3 Å². The van der Waals surface area contributed by atoms with Crippen LogP contribution in [0, 0.1) is 12.8 Å². The van der Waals surface area contributed by atoms with Gasteiger partial charge in [0.1, 0.15) is 4.88 Å². The molecule has 0 aromatic carbocycles. The Labute approximate surface area is 118 Å². The minimum absolute atomic E-state index is 0.294. The molecule has 0 radical (unpaired) electrons. The number of methoxy groups -OCH3 is 1. The molecule has 106 valence electrons. The maximum Gasteiger partial charge on any atom is 0.350 e. The van der Waals surface area contributed by atoms with Gasteiger partial charge in [-0.25, -0.2) is 9.78 Å². The largest absolute Gasteiger partial charge is 0.465 e. The van der Waals surface area contributed by atoms with E-state index in [1.807, 2.05) is 6.92 Å². The minimum Gasteiger partial charge on any atom is -0.465 e. The first-order valence-corrected chi connectivity index (χ1v) is 7.22. The number of ether oxygens (including phenoxy) is 1. The number of aromatic nitrogens is 1. The normalized spacial score (nSPS) is 23.2. The average Bonchev–Trinajstić information content (AvgIpc) is 2.91. The van der Waals surface area contributed by atoms with Crippen LogP contribution >= 0.6 is 11.3 Å². The Morgan fingerprint density at radius 3 is 2.68 bits per heavy atom. The first-order chi connectivity index (χ1) is 8.93. The van der Waals surface area contributed by atoms with Crippen LogP contribution in [0.25, 0.3) is 0 Å². The van der Waals surface area contributed by atoms with E-state index in [1.165, 1.54) is 18.4 Å². The lowest BCUT2D eigenvalue weighted by Gasteiger charge is -2.22. The van der Waals surface area contributed by atoms with Crippen LogP contribution in [0.5, 0.6) is 0 Å². The van der Waals surface area contributed by atoms with E-state index in [-0.39, 0.29) is 5.97 Å². The third-order valence-electron chi connectivity index (χ3n) is 3.66. The lowest BCUT2D eigenvalue weighted by Crippen LogP contribution is -2.34. The number of carbonyl (C=O) groups excluding carboxylic acids is 1. The summed E-state index contributed by atoms with van der Waals surface area (Å²) in [6.07, 6.45) is 0. The summed E-state index contributed by atoms with van der Waals surface area (Å²) in [6, 6.07) is 0.533. The molecule has 1 aromatic rings. The van der Waals surface area contributed by atoms with E-state index in [2.05, 4.69) is 35.8 Å². The monoisotopic (exact) mass is 283 g/mol. The van der Waals surface area contributed by atoms with Crippen molar-refractivity contribution in [3.8, 4) is 0 Å². The maximum atomic E-state index is 11.6. The molecule has 5 nitrogen and oxygen atoms in total. The van der Waals surface area contributed by atoms with Gasteiger partial charge in [-0.15, -0.1) is 0 Å². The minimum atomic E-state index is -0.294. The summed E-state index contributed by atoms with van der Waals surface area (Å²) < 4.78 is 4.78. The number of esters is 1. The van der Waals surface area contributed by atoms with Crippen LogP contribution in [0.2, 0.25) is 0 Å². The van der Waals surface area contributed by atoms with Crippen molar-refractivity contribution in [1.29, 1.82) is 0 Å². The fourth-order valence-electron chi connectivity index (χ4n) is 2.58. The summed E-state index contributed by atoms with van der Waals surface area (Å²) in [6.45, 7) is 6.06. The molecule has 1 fully saturated rings. The average molecular weight is 283 g/mol. The molecule has 0 bridgehead atoms. The molecule has 0 spiro atoms. The summed E-state index contributed by atoms with van der Waals surface area (Å²) >= 11 is 1.43. The van der Waals surface area contributed by atoms with Crippen LogP contribution in [0.1, 0.15) is 22.3 Å². The van der Waals surface area contributed by atoms with Gasteiger partial charge in [-0.2, -0.15) is 0 Å². The fourth-order valence-corrected chi connectivity index (χ4v) is 3.58. The smallest absolute Gasteiger partial charge is 0.350 e. The van der Waals surface area contributed by atoms with Gasteiger partial charge in [0.2, 0.25) is 0 Å². The van der Waals surface area contributed by atoms with Gasteiger partial charge in [-0.05, 0) is 26.9 Å². The summed E-state index contributed by atoms with van der Waals surface area (Å²) in [7, 11) is 5.62. The highest BCUT2D eigenvalue weighted by Gasteiger charge is 2.33. The van der Waals surface area contributed by atoms with Crippen LogP contribution in [0.4, 0.5) is 5.13 Å². The molecule has 0 saturated carbocycles. The SMILES string of the molecule is COC(=O)c1sc(N2CC(C)C(N(C)C)C2)nc1C. The van der Waals surface area contributed by atoms with Crippen molar-refractivity contribution in [2.45, 2.75) is 19.9 Å². The van der Waals surface area contributed by atoms with E-state index in [4.69, 9.17) is 4.74 Å². The predicted octanol–water partition coefficient (Wildman–Crippen LogP) is 1.62. The van der Waals surface area contributed by atoms with E-state index in [1.54, 1.807) is 0 Å². The number of carbonyl (C=O) groups is 1. The van der Waals surface area contributed by atoms with Crippen molar-refractivity contribution in [3.63, 3.8) is 0 Å². The standard InChI is InChI=1S/C13H21N3O2S/c1-8-6-16(7-10(8)15(3)4)13-14-9(2)11(19-13)12(17)18-5/h8,10H,6-7H2,1-5H3. The number of anilines is 1. The molecule has 2 unspecified atom stereocenters. The quantitative estimate of drug-likeness (QED) is 0.789. The molecule has 0 aliphatic carbocycles. The van der Waals surface area contributed by atoms with Crippen LogP contribution in [-0.2, 0) is 4.74 Å². The Morgan fingerprint density at radius 2 is 2.16 bits per heavy atom. The second kappa shape index (κ2) is 5.46. The number of thiazole rings is 1. The van der Waals surface area contributed by atoms with Gasteiger partial charge < -0.3 is 14.5 Å². The molecule has 6 heteroatoms. The Hall–Kier alpha value is -1.14. The third-order valence-corrected chi connectivity index (χ3v) is 4.86. The van der Waals surface area contributed by atoms with Crippen molar-refractivity contribution in [3.05, 3.63) is 10.6 Å². The van der Waals surface area contributed by atoms with Gasteiger partial charge in [0, 0.05) is 19.1 Å². The lowest BCUT2D eigenvalue weighted by atomic mass is 10.1. The highest BCUT2D eigenvalue weighted by Crippen LogP contribution is 2.31. The van der Waals surface area contributed by atoms with Gasteiger partial charge in [0.15, 0.2) is 5.13 Å². The summed E-state index contributed by atoms with van der Waals surface area (Å²) in [5, 5.41) is 0.925. The Morgan fingerprint density at radius 1 is 1.47 bits per heavy atom. The van der Waals surface area contributed by atoms with Gasteiger partial charge in [-0.3, -0.25) is 0 Å². The highest BCUT2D eigenvalue weighted by molar-refractivity contribution is 7.17. The van der Waals surface area contributed by atoms with Gasteiger partial charge >= 0.3 is 5.97 Å². The van der Waals surface area contributed by atoms with Crippen LogP contribution in [-0.4, -0.2) is 56.2 Å². The molecule has 1 aromatic heterocycles. The lowest BCUT2D eigenvalue weighted by molar-refractivity contribution is 0.0605. The van der Waals surface area contributed by atoms with Crippen molar-refractivity contribution in [1.82, 2.24) is 9.88 Å². The van der Waals surface area contributed by atoms with E-state index >= 15 is 0 Å². The Balaban J connectivity index is 2.18. The molecular formula is C13H21N3O2S. The Kier molecular flexibility index (Phi) is 4.10. The fraction of sp³-hybridized carbons (Fsp3) is 0.692. The predicted molar refractivity (Wildman–Crippen MR) is 77.0 cm³/mol. The zero-order chi connectivity index (χ0) is 14.2. The third kappa shape index (κ3) is 2.74. The number of rotatable bonds is 3. The molecule has 2 atom stereocenters. The molecule has 0 amide bonds. The number of hydrogen-bond donors (Lipinski definition) is 0. The molecule has 1 saturated heterocycles. The first kappa shape index (κ1) is 14.3. The second-order valence-electron chi connectivity index (χ2n) is 5.32. The molecule has 19 heavy (non-hydrogen) atoms.